The molecular weight excluding hydrogens is 605 g/mol. The van der Waals surface area contributed by atoms with Crippen molar-refractivity contribution in [3.8, 4) is 34.5 Å². The zero-order valence-corrected chi connectivity index (χ0v) is 25.6. The van der Waals surface area contributed by atoms with Crippen molar-refractivity contribution in [1.29, 1.82) is 0 Å². The second-order valence-electron chi connectivity index (χ2n) is 12.1. The number of hydrogen-bond acceptors (Lipinski definition) is 6. The first-order valence-electron chi connectivity index (χ1n) is 14.6. The summed E-state index contributed by atoms with van der Waals surface area (Å²) >= 11 is 19.1. The summed E-state index contributed by atoms with van der Waals surface area (Å²) in [6.45, 7) is 0. The quantitative estimate of drug-likeness (QED) is 0.174. The molecule has 222 valence electrons. The Bertz CT molecular complexity index is 1680. The molecule has 4 aromatic rings. The van der Waals surface area contributed by atoms with Crippen LogP contribution in [0, 0.1) is 23.7 Å². The SMILES string of the molecule is Nc1ccc(Oc2cc(Oc3ccc(N)c(Cl)c3)c(C3C4CC5CC(C4)CC3C5)cc2Oc2ccc(N)c(Cl)c2)cc1Cl. The minimum atomic E-state index is 0.337. The van der Waals surface area contributed by atoms with Crippen LogP contribution >= 0.6 is 34.8 Å². The fourth-order valence-electron chi connectivity index (χ4n) is 7.59. The molecule has 0 atom stereocenters. The highest BCUT2D eigenvalue weighted by Gasteiger charge is 2.49. The van der Waals surface area contributed by atoms with Crippen LogP contribution in [-0.4, -0.2) is 0 Å². The van der Waals surface area contributed by atoms with E-state index in [1.54, 1.807) is 48.5 Å². The van der Waals surface area contributed by atoms with E-state index in [0.29, 0.717) is 84.4 Å². The Kier molecular flexibility index (Phi) is 7.40. The van der Waals surface area contributed by atoms with Crippen LogP contribution in [0.25, 0.3) is 0 Å². The van der Waals surface area contributed by atoms with Crippen LogP contribution in [0.15, 0.2) is 66.7 Å². The lowest BCUT2D eigenvalue weighted by Gasteiger charge is -2.54. The lowest BCUT2D eigenvalue weighted by atomic mass is 9.50. The van der Waals surface area contributed by atoms with Gasteiger partial charge < -0.3 is 31.4 Å². The van der Waals surface area contributed by atoms with E-state index in [0.717, 1.165) is 17.4 Å². The minimum Gasteiger partial charge on any atom is -0.457 e. The Morgan fingerprint density at radius 3 is 1.30 bits per heavy atom. The lowest BCUT2D eigenvalue weighted by molar-refractivity contribution is -0.00341. The maximum atomic E-state index is 6.60. The van der Waals surface area contributed by atoms with Gasteiger partial charge >= 0.3 is 0 Å². The second-order valence-corrected chi connectivity index (χ2v) is 13.4. The smallest absolute Gasteiger partial charge is 0.173 e. The number of nitrogens with two attached hydrogens (primary N) is 3. The summed E-state index contributed by atoms with van der Waals surface area (Å²) in [6, 6.07) is 19.6. The van der Waals surface area contributed by atoms with Crippen LogP contribution < -0.4 is 31.4 Å². The Labute approximate surface area is 266 Å². The molecule has 4 saturated carbocycles. The normalized spacial score (nSPS) is 23.7. The van der Waals surface area contributed by atoms with Crippen LogP contribution in [0.2, 0.25) is 15.1 Å². The summed E-state index contributed by atoms with van der Waals surface area (Å²) in [5.41, 5.74) is 20.5. The van der Waals surface area contributed by atoms with E-state index in [2.05, 4.69) is 6.07 Å². The van der Waals surface area contributed by atoms with Gasteiger partial charge in [-0.05, 0) is 104 Å². The summed E-state index contributed by atoms with van der Waals surface area (Å²) in [4.78, 5) is 0. The number of ether oxygens (including phenoxy) is 3. The van der Waals surface area contributed by atoms with Gasteiger partial charge in [-0.3, -0.25) is 0 Å². The molecule has 0 radical (unpaired) electrons. The van der Waals surface area contributed by atoms with Gasteiger partial charge in [0.2, 0.25) is 0 Å². The van der Waals surface area contributed by atoms with Crippen LogP contribution in [0.4, 0.5) is 17.1 Å². The van der Waals surface area contributed by atoms with Crippen LogP contribution in [0.1, 0.15) is 43.6 Å². The molecule has 4 aromatic carbocycles. The van der Waals surface area contributed by atoms with E-state index in [1.165, 1.54) is 32.1 Å². The molecule has 0 aromatic heterocycles. The molecular formula is C34H32Cl3N3O3. The third kappa shape index (κ3) is 5.64. The highest BCUT2D eigenvalue weighted by molar-refractivity contribution is 6.33. The maximum Gasteiger partial charge on any atom is 0.173 e. The largest absolute Gasteiger partial charge is 0.457 e. The molecule has 4 aliphatic carbocycles. The molecule has 6 nitrogen and oxygen atoms in total. The highest BCUT2D eigenvalue weighted by Crippen LogP contribution is 2.62. The van der Waals surface area contributed by atoms with E-state index in [1.807, 2.05) is 12.1 Å². The van der Waals surface area contributed by atoms with Crippen molar-refractivity contribution in [2.24, 2.45) is 23.7 Å². The fraction of sp³-hybridized carbons (Fsp3) is 0.294. The zero-order valence-electron chi connectivity index (χ0n) is 23.4. The maximum absolute atomic E-state index is 6.60. The number of halogens is 3. The van der Waals surface area contributed by atoms with Crippen molar-refractivity contribution in [1.82, 2.24) is 0 Å². The molecule has 4 aliphatic rings. The molecule has 0 saturated heterocycles. The van der Waals surface area contributed by atoms with E-state index in [4.69, 9.17) is 66.2 Å². The number of nitrogen functional groups attached to an aromatic ring is 3. The molecule has 9 heteroatoms. The number of rotatable bonds is 7. The highest BCUT2D eigenvalue weighted by atomic mass is 35.5. The van der Waals surface area contributed by atoms with E-state index >= 15 is 0 Å². The van der Waals surface area contributed by atoms with E-state index < -0.39 is 0 Å². The van der Waals surface area contributed by atoms with Crippen LogP contribution in [0.5, 0.6) is 34.5 Å². The van der Waals surface area contributed by atoms with Gasteiger partial charge in [-0.25, -0.2) is 0 Å². The van der Waals surface area contributed by atoms with Gasteiger partial charge in [-0.1, -0.05) is 34.8 Å². The molecule has 0 amide bonds. The standard InChI is InChI=1S/C34H32Cl3N3O3/c35-25-12-21(1-4-28(25)38)41-31-16-33(43-23-3-6-30(40)27(37)14-23)32(42-22-2-5-29(39)26(36)13-22)15-24(31)34-19-8-17-7-18(10-19)11-20(34)9-17/h1-6,12-20,34H,7-11,38-40H2. The minimum absolute atomic E-state index is 0.337. The van der Waals surface area contributed by atoms with Crippen molar-refractivity contribution in [3.63, 3.8) is 0 Å². The van der Waals surface area contributed by atoms with Crippen molar-refractivity contribution in [3.05, 3.63) is 87.4 Å². The first kappa shape index (κ1) is 28.3. The van der Waals surface area contributed by atoms with Crippen LogP contribution in [-0.2, 0) is 0 Å². The van der Waals surface area contributed by atoms with Gasteiger partial charge in [0.15, 0.2) is 11.5 Å². The second kappa shape index (κ2) is 11.2. The first-order chi connectivity index (χ1) is 20.7. The van der Waals surface area contributed by atoms with E-state index in [9.17, 15) is 0 Å². The van der Waals surface area contributed by atoms with Crippen molar-refractivity contribution < 1.29 is 14.2 Å². The summed E-state index contributed by atoms with van der Waals surface area (Å²) in [7, 11) is 0. The van der Waals surface area contributed by atoms with Crippen molar-refractivity contribution >= 4 is 51.9 Å². The molecule has 0 spiro atoms. The third-order valence-corrected chi connectivity index (χ3v) is 10.2. The predicted octanol–water partition coefficient (Wildman–Crippen LogP) is 10.3. The zero-order chi connectivity index (χ0) is 29.8. The molecule has 43 heavy (non-hydrogen) atoms. The van der Waals surface area contributed by atoms with Gasteiger partial charge in [0.05, 0.1) is 32.1 Å². The summed E-state index contributed by atoms with van der Waals surface area (Å²) < 4.78 is 19.5. The van der Waals surface area contributed by atoms with Crippen molar-refractivity contribution in [2.45, 2.75) is 38.0 Å². The van der Waals surface area contributed by atoms with Crippen LogP contribution in [0.3, 0.4) is 0 Å². The number of hydrogen-bond donors (Lipinski definition) is 3. The third-order valence-electron chi connectivity index (χ3n) is 9.26. The topological polar surface area (TPSA) is 106 Å². The predicted molar refractivity (Wildman–Crippen MR) is 174 cm³/mol. The molecule has 8 rings (SSSR count). The average molecular weight is 637 g/mol. The van der Waals surface area contributed by atoms with Gasteiger partial charge in [-0.2, -0.15) is 0 Å². The molecule has 4 fully saturated rings. The molecule has 6 N–H and O–H groups in total. The Hall–Kier alpha value is -3.45. The Balaban J connectivity index is 1.36. The first-order valence-corrected chi connectivity index (χ1v) is 15.7. The van der Waals surface area contributed by atoms with Gasteiger partial charge in [-0.15, -0.1) is 0 Å². The summed E-state index contributed by atoms with van der Waals surface area (Å²) in [6.07, 6.45) is 6.36. The Morgan fingerprint density at radius 1 is 0.488 bits per heavy atom. The molecule has 0 unspecified atom stereocenters. The Morgan fingerprint density at radius 2 is 0.884 bits per heavy atom. The van der Waals surface area contributed by atoms with E-state index in [-0.39, 0.29) is 0 Å². The summed E-state index contributed by atoms with van der Waals surface area (Å²) in [5, 5.41) is 1.23. The molecule has 0 heterocycles. The molecule has 4 bridgehead atoms. The van der Waals surface area contributed by atoms with Crippen molar-refractivity contribution in [2.75, 3.05) is 17.2 Å². The van der Waals surface area contributed by atoms with Gasteiger partial charge in [0.1, 0.15) is 23.0 Å². The molecule has 0 aliphatic heterocycles. The number of anilines is 3. The van der Waals surface area contributed by atoms with Gasteiger partial charge in [0, 0.05) is 29.8 Å². The number of benzene rings is 4. The summed E-state index contributed by atoms with van der Waals surface area (Å²) in [5.74, 6) is 6.46. The lowest BCUT2D eigenvalue weighted by Crippen LogP contribution is -2.43. The average Bonchev–Trinajstić information content (AvgIpc) is 2.96. The fourth-order valence-corrected chi connectivity index (χ4v) is 8.10. The monoisotopic (exact) mass is 635 g/mol. The van der Waals surface area contributed by atoms with Gasteiger partial charge in [0.25, 0.3) is 0 Å².